The molecule has 1 aliphatic rings. The number of aliphatic hydroxyl groups is 1. The number of nitrogens with zero attached hydrogens (tertiary/aromatic N) is 2. The van der Waals surface area contributed by atoms with Crippen molar-refractivity contribution in [3.63, 3.8) is 0 Å². The molecule has 3 rings (SSSR count). The summed E-state index contributed by atoms with van der Waals surface area (Å²) in [7, 11) is 1.66. The van der Waals surface area contributed by atoms with E-state index in [4.69, 9.17) is 12.2 Å². The first-order valence-electron chi connectivity index (χ1n) is 8.75. The van der Waals surface area contributed by atoms with E-state index >= 15 is 0 Å². The van der Waals surface area contributed by atoms with Gasteiger partial charge in [0.25, 0.3) is 11.8 Å². The van der Waals surface area contributed by atoms with Crippen LogP contribution in [0.25, 0.3) is 6.08 Å². The first-order valence-corrected chi connectivity index (χ1v) is 9.98. The molecule has 1 saturated heterocycles. The smallest absolute Gasteiger partial charge is 0.265 e. The van der Waals surface area contributed by atoms with E-state index in [0.717, 1.165) is 11.1 Å². The van der Waals surface area contributed by atoms with Gasteiger partial charge in [-0.25, -0.2) is 0 Å². The van der Waals surface area contributed by atoms with E-state index in [9.17, 15) is 14.7 Å². The average Bonchev–Trinajstić information content (AvgIpc) is 2.95. The van der Waals surface area contributed by atoms with Crippen LogP contribution < -0.4 is 0 Å². The highest BCUT2D eigenvalue weighted by Gasteiger charge is 2.28. The number of hydrogen-bond acceptors (Lipinski definition) is 5. The van der Waals surface area contributed by atoms with Crippen LogP contribution in [0, 0.1) is 0 Å². The standard InChI is InChI=1S/C21H20N2O3S2/c1-22-20(26)18(28-21(22)27)13-15-7-9-17(10-8-15)19(25)23(11-12-24)14-16-5-3-2-4-6-16/h2-10,13,24H,11-12,14H2,1H3/b18-13+. The van der Waals surface area contributed by atoms with E-state index in [1.165, 1.54) is 16.7 Å². The van der Waals surface area contributed by atoms with Gasteiger partial charge in [-0.2, -0.15) is 0 Å². The highest BCUT2D eigenvalue weighted by molar-refractivity contribution is 8.26. The molecule has 5 nitrogen and oxygen atoms in total. The lowest BCUT2D eigenvalue weighted by Crippen LogP contribution is -2.33. The van der Waals surface area contributed by atoms with Crippen molar-refractivity contribution in [1.29, 1.82) is 0 Å². The molecule has 0 aliphatic carbocycles. The number of thiocarbonyl (C=S) groups is 1. The van der Waals surface area contributed by atoms with Crippen molar-refractivity contribution in [2.24, 2.45) is 0 Å². The van der Waals surface area contributed by atoms with Crippen molar-refractivity contribution in [3.8, 4) is 0 Å². The lowest BCUT2D eigenvalue weighted by atomic mass is 10.1. The lowest BCUT2D eigenvalue weighted by molar-refractivity contribution is -0.121. The number of thioether (sulfide) groups is 1. The molecule has 2 amide bonds. The third kappa shape index (κ3) is 4.67. The van der Waals surface area contributed by atoms with Gasteiger partial charge in [0.05, 0.1) is 11.5 Å². The zero-order chi connectivity index (χ0) is 20.1. The molecule has 0 aromatic heterocycles. The van der Waals surface area contributed by atoms with E-state index < -0.39 is 0 Å². The molecular weight excluding hydrogens is 392 g/mol. The maximum absolute atomic E-state index is 12.9. The molecular formula is C21H20N2O3S2. The van der Waals surface area contributed by atoms with Crippen molar-refractivity contribution < 1.29 is 14.7 Å². The molecule has 2 aromatic carbocycles. The highest BCUT2D eigenvalue weighted by atomic mass is 32.2. The van der Waals surface area contributed by atoms with Crippen LogP contribution in [0.4, 0.5) is 0 Å². The van der Waals surface area contributed by atoms with Crippen molar-refractivity contribution in [2.75, 3.05) is 20.2 Å². The number of likely N-dealkylation sites (N-methyl/N-ethyl adjacent to an activating group) is 1. The van der Waals surface area contributed by atoms with Crippen molar-refractivity contribution in [3.05, 3.63) is 76.2 Å². The van der Waals surface area contributed by atoms with Crippen LogP contribution in [0.2, 0.25) is 0 Å². The first kappa shape index (κ1) is 20.3. The fraction of sp³-hybridized carbons (Fsp3) is 0.190. The molecule has 0 bridgehead atoms. The van der Waals surface area contributed by atoms with Crippen LogP contribution in [0.1, 0.15) is 21.5 Å². The number of amides is 2. The van der Waals surface area contributed by atoms with Crippen LogP contribution in [0.5, 0.6) is 0 Å². The second-order valence-corrected chi connectivity index (χ2v) is 7.97. The van der Waals surface area contributed by atoms with Crippen molar-refractivity contribution in [2.45, 2.75) is 6.54 Å². The molecule has 2 aromatic rings. The number of hydrogen-bond donors (Lipinski definition) is 1. The topological polar surface area (TPSA) is 60.9 Å². The SMILES string of the molecule is CN1C(=O)/C(=C\c2ccc(C(=O)N(CCO)Cc3ccccc3)cc2)SC1=S. The summed E-state index contributed by atoms with van der Waals surface area (Å²) in [6.07, 6.45) is 1.77. The Morgan fingerprint density at radius 3 is 2.43 bits per heavy atom. The van der Waals surface area contributed by atoms with Gasteiger partial charge < -0.3 is 10.0 Å². The van der Waals surface area contributed by atoms with Gasteiger partial charge in [-0.3, -0.25) is 14.5 Å². The molecule has 1 N–H and O–H groups in total. The van der Waals surface area contributed by atoms with Gasteiger partial charge >= 0.3 is 0 Å². The Bertz CT molecular complexity index is 911. The minimum atomic E-state index is -0.149. The number of rotatable bonds is 6. The molecule has 0 atom stereocenters. The Morgan fingerprint density at radius 1 is 1.18 bits per heavy atom. The second kappa shape index (κ2) is 9.14. The maximum atomic E-state index is 12.9. The fourth-order valence-corrected chi connectivity index (χ4v) is 3.96. The van der Waals surface area contributed by atoms with Gasteiger partial charge in [0.1, 0.15) is 4.32 Å². The van der Waals surface area contributed by atoms with Gasteiger partial charge in [-0.1, -0.05) is 66.4 Å². The minimum Gasteiger partial charge on any atom is -0.395 e. The van der Waals surface area contributed by atoms with Crippen LogP contribution in [-0.2, 0) is 11.3 Å². The summed E-state index contributed by atoms with van der Waals surface area (Å²) < 4.78 is 0.531. The largest absolute Gasteiger partial charge is 0.395 e. The van der Waals surface area contributed by atoms with E-state index in [-0.39, 0.29) is 25.0 Å². The summed E-state index contributed by atoms with van der Waals surface area (Å²) in [6, 6.07) is 16.7. The van der Waals surface area contributed by atoms with Gasteiger partial charge in [-0.05, 0) is 29.3 Å². The highest BCUT2D eigenvalue weighted by Crippen LogP contribution is 2.31. The summed E-state index contributed by atoms with van der Waals surface area (Å²) in [5.41, 5.74) is 2.36. The molecule has 1 aliphatic heterocycles. The molecule has 0 unspecified atom stereocenters. The maximum Gasteiger partial charge on any atom is 0.265 e. The monoisotopic (exact) mass is 412 g/mol. The lowest BCUT2D eigenvalue weighted by Gasteiger charge is -2.22. The fourth-order valence-electron chi connectivity index (χ4n) is 2.78. The van der Waals surface area contributed by atoms with Gasteiger partial charge in [0.15, 0.2) is 0 Å². The predicted molar refractivity (Wildman–Crippen MR) is 116 cm³/mol. The average molecular weight is 413 g/mol. The van der Waals surface area contributed by atoms with Crippen LogP contribution in [0.3, 0.4) is 0 Å². The normalized spacial score (nSPS) is 15.4. The van der Waals surface area contributed by atoms with Gasteiger partial charge in [0.2, 0.25) is 0 Å². The Labute approximate surface area is 173 Å². The number of carbonyl (C=O) groups is 2. The van der Waals surface area contributed by atoms with E-state index in [2.05, 4.69) is 0 Å². The number of carbonyl (C=O) groups excluding carboxylic acids is 2. The Kier molecular flexibility index (Phi) is 6.61. The van der Waals surface area contributed by atoms with Crippen molar-refractivity contribution in [1.82, 2.24) is 9.80 Å². The molecule has 1 fully saturated rings. The number of aliphatic hydroxyl groups excluding tert-OH is 1. The van der Waals surface area contributed by atoms with E-state index in [0.29, 0.717) is 21.3 Å². The Hall–Kier alpha value is -2.48. The number of benzene rings is 2. The minimum absolute atomic E-state index is 0.102. The molecule has 28 heavy (non-hydrogen) atoms. The van der Waals surface area contributed by atoms with E-state index in [1.807, 2.05) is 30.3 Å². The zero-order valence-corrected chi connectivity index (χ0v) is 17.0. The summed E-state index contributed by atoms with van der Waals surface area (Å²) in [5, 5.41) is 9.33. The molecule has 144 valence electrons. The summed E-state index contributed by atoms with van der Waals surface area (Å²) in [5.74, 6) is -0.267. The summed E-state index contributed by atoms with van der Waals surface area (Å²) in [6.45, 7) is 0.588. The predicted octanol–water partition coefficient (Wildman–Crippen LogP) is 3.15. The van der Waals surface area contributed by atoms with Crippen molar-refractivity contribution >= 4 is 46.2 Å². The molecule has 1 heterocycles. The second-order valence-electron chi connectivity index (χ2n) is 6.30. The summed E-state index contributed by atoms with van der Waals surface area (Å²) in [4.78, 5) is 28.6. The first-order chi connectivity index (χ1) is 13.5. The molecule has 0 spiro atoms. The van der Waals surface area contributed by atoms with E-state index in [1.54, 1.807) is 42.3 Å². The third-order valence-corrected chi connectivity index (χ3v) is 5.80. The molecule has 0 radical (unpaired) electrons. The van der Waals surface area contributed by atoms with Gasteiger partial charge in [0, 0.05) is 25.7 Å². The Balaban J connectivity index is 1.75. The van der Waals surface area contributed by atoms with Crippen LogP contribution >= 0.6 is 24.0 Å². The zero-order valence-electron chi connectivity index (χ0n) is 15.4. The molecule has 7 heteroatoms. The summed E-state index contributed by atoms with van der Waals surface area (Å²) >= 11 is 6.40. The molecule has 0 saturated carbocycles. The quantitative estimate of drug-likeness (QED) is 0.583. The van der Waals surface area contributed by atoms with Crippen LogP contribution in [0.15, 0.2) is 59.5 Å². The van der Waals surface area contributed by atoms with Gasteiger partial charge in [-0.15, -0.1) is 0 Å². The van der Waals surface area contributed by atoms with Crippen LogP contribution in [-0.4, -0.2) is 51.2 Å². The third-order valence-electron chi connectivity index (χ3n) is 4.32. The Morgan fingerprint density at radius 2 is 1.86 bits per heavy atom.